The summed E-state index contributed by atoms with van der Waals surface area (Å²) in [7, 11) is 0. The van der Waals surface area contributed by atoms with Gasteiger partial charge in [0, 0.05) is 16.8 Å². The van der Waals surface area contributed by atoms with Crippen molar-refractivity contribution in [1.29, 1.82) is 0 Å². The Morgan fingerprint density at radius 1 is 1.00 bits per heavy atom. The summed E-state index contributed by atoms with van der Waals surface area (Å²) in [5.74, 6) is -1.54. The highest BCUT2D eigenvalue weighted by molar-refractivity contribution is 6.30. The molecule has 0 spiro atoms. The number of aliphatic hydroxyl groups excluding tert-OH is 1. The maximum Gasteiger partial charge on any atom is 0.573 e. The summed E-state index contributed by atoms with van der Waals surface area (Å²) in [5.41, 5.74) is 1.99. The second-order valence-corrected chi connectivity index (χ2v) is 6.38. The van der Waals surface area contributed by atoms with Crippen LogP contribution in [0, 0.1) is 5.82 Å². The van der Waals surface area contributed by atoms with Crippen LogP contribution in [0.5, 0.6) is 5.75 Å². The van der Waals surface area contributed by atoms with Gasteiger partial charge in [-0.25, -0.2) is 4.39 Å². The van der Waals surface area contributed by atoms with Gasteiger partial charge < -0.3 is 9.84 Å². The Hall–Kier alpha value is -2.64. The summed E-state index contributed by atoms with van der Waals surface area (Å²) in [6.07, 6.45) is -3.24. The fourth-order valence-corrected chi connectivity index (χ4v) is 2.93. The smallest absolute Gasteiger partial charge is 0.406 e. The summed E-state index contributed by atoms with van der Waals surface area (Å²) in [5, 5.41) is 9.94. The van der Waals surface area contributed by atoms with E-state index in [4.69, 9.17) is 11.6 Å². The first-order valence-electron chi connectivity index (χ1n) is 8.15. The van der Waals surface area contributed by atoms with E-state index in [2.05, 4.69) is 9.72 Å². The number of benzene rings is 2. The maximum absolute atomic E-state index is 14.2. The molecule has 0 saturated heterocycles. The summed E-state index contributed by atoms with van der Waals surface area (Å²) < 4.78 is 54.7. The van der Waals surface area contributed by atoms with Crippen LogP contribution in [-0.4, -0.2) is 23.1 Å². The molecule has 0 aliphatic carbocycles. The normalized spacial score (nSPS) is 12.6. The van der Waals surface area contributed by atoms with Crippen molar-refractivity contribution in [2.75, 3.05) is 6.61 Å². The van der Waals surface area contributed by atoms with Crippen molar-refractivity contribution in [1.82, 2.24) is 4.98 Å². The SMILES string of the molecule is OCC(c1ccc(-c2ccc(OC(F)(F)F)cc2)cn1)c1ccc(Cl)cc1F. The molecule has 2 aromatic carbocycles. The van der Waals surface area contributed by atoms with Gasteiger partial charge in [0.1, 0.15) is 11.6 Å². The van der Waals surface area contributed by atoms with Crippen LogP contribution in [0.4, 0.5) is 17.6 Å². The number of nitrogens with zero attached hydrogens (tertiary/aromatic N) is 1. The summed E-state index contributed by atoms with van der Waals surface area (Å²) in [4.78, 5) is 4.28. The zero-order valence-corrected chi connectivity index (χ0v) is 15.0. The third-order valence-corrected chi connectivity index (χ3v) is 4.32. The second kappa shape index (κ2) is 8.16. The highest BCUT2D eigenvalue weighted by Gasteiger charge is 2.31. The van der Waals surface area contributed by atoms with Crippen molar-refractivity contribution in [2.45, 2.75) is 12.3 Å². The molecule has 8 heteroatoms. The third-order valence-electron chi connectivity index (χ3n) is 4.09. The molecular formula is C20H14ClF4NO2. The van der Waals surface area contributed by atoms with Gasteiger partial charge in [-0.15, -0.1) is 13.2 Å². The lowest BCUT2D eigenvalue weighted by Gasteiger charge is -2.16. The maximum atomic E-state index is 14.2. The highest BCUT2D eigenvalue weighted by atomic mass is 35.5. The van der Waals surface area contributed by atoms with Gasteiger partial charge in [-0.05, 0) is 41.5 Å². The van der Waals surface area contributed by atoms with Crippen molar-refractivity contribution in [3.8, 4) is 16.9 Å². The van der Waals surface area contributed by atoms with Crippen LogP contribution in [0.2, 0.25) is 5.02 Å². The summed E-state index contributed by atoms with van der Waals surface area (Å²) in [6, 6.07) is 12.9. The van der Waals surface area contributed by atoms with Gasteiger partial charge in [0.05, 0.1) is 18.2 Å². The first-order valence-corrected chi connectivity index (χ1v) is 8.52. The lowest BCUT2D eigenvalue weighted by Crippen LogP contribution is -2.16. The molecule has 1 N–H and O–H groups in total. The van der Waals surface area contributed by atoms with Crippen LogP contribution in [0.3, 0.4) is 0 Å². The van der Waals surface area contributed by atoms with E-state index in [0.717, 1.165) is 0 Å². The van der Waals surface area contributed by atoms with Gasteiger partial charge in [0.15, 0.2) is 0 Å². The molecule has 1 unspecified atom stereocenters. The van der Waals surface area contributed by atoms with Gasteiger partial charge in [-0.2, -0.15) is 0 Å². The van der Waals surface area contributed by atoms with E-state index in [0.29, 0.717) is 16.8 Å². The molecule has 0 saturated carbocycles. The van der Waals surface area contributed by atoms with Crippen LogP contribution in [0.25, 0.3) is 11.1 Å². The molecule has 3 rings (SSSR count). The lowest BCUT2D eigenvalue weighted by molar-refractivity contribution is -0.274. The minimum Gasteiger partial charge on any atom is -0.406 e. The van der Waals surface area contributed by atoms with Crippen molar-refractivity contribution in [3.05, 3.63) is 82.9 Å². The molecule has 0 amide bonds. The topological polar surface area (TPSA) is 42.4 Å². The molecule has 0 radical (unpaired) electrons. The average molecular weight is 412 g/mol. The minimum atomic E-state index is -4.75. The van der Waals surface area contributed by atoms with E-state index in [9.17, 15) is 22.7 Å². The van der Waals surface area contributed by atoms with E-state index < -0.39 is 18.1 Å². The zero-order valence-electron chi connectivity index (χ0n) is 14.3. The van der Waals surface area contributed by atoms with Crippen LogP contribution < -0.4 is 4.74 Å². The van der Waals surface area contributed by atoms with Gasteiger partial charge in [0.2, 0.25) is 0 Å². The fourth-order valence-electron chi connectivity index (χ4n) is 2.77. The second-order valence-electron chi connectivity index (χ2n) is 5.94. The predicted octanol–water partition coefficient (Wildman–Crippen LogP) is 5.56. The molecule has 1 aromatic heterocycles. The Labute approximate surface area is 163 Å². The molecule has 1 atom stereocenters. The summed E-state index contributed by atoms with van der Waals surface area (Å²) in [6.45, 7) is -0.353. The minimum absolute atomic E-state index is 0.249. The molecule has 146 valence electrons. The average Bonchev–Trinajstić information content (AvgIpc) is 2.64. The molecule has 0 aliphatic rings. The first-order chi connectivity index (χ1) is 13.3. The van der Waals surface area contributed by atoms with E-state index >= 15 is 0 Å². The Kier molecular flexibility index (Phi) is 5.86. The molecule has 0 fully saturated rings. The van der Waals surface area contributed by atoms with E-state index in [-0.39, 0.29) is 22.9 Å². The van der Waals surface area contributed by atoms with Gasteiger partial charge in [-0.3, -0.25) is 4.98 Å². The Balaban J connectivity index is 1.82. The standard InChI is InChI=1S/C20H14ClF4NO2/c21-14-4-7-16(18(22)9-14)17(11-27)19-8-3-13(10-26-19)12-1-5-15(6-2-12)28-20(23,24)25/h1-10,17,27H,11H2. The molecule has 0 bridgehead atoms. The van der Waals surface area contributed by atoms with Gasteiger partial charge in [0.25, 0.3) is 0 Å². The van der Waals surface area contributed by atoms with Crippen molar-refractivity contribution >= 4 is 11.6 Å². The number of ether oxygens (including phenoxy) is 1. The van der Waals surface area contributed by atoms with Gasteiger partial charge in [-0.1, -0.05) is 35.9 Å². The molecule has 3 nitrogen and oxygen atoms in total. The largest absolute Gasteiger partial charge is 0.573 e. The number of hydrogen-bond donors (Lipinski definition) is 1. The molecular weight excluding hydrogens is 398 g/mol. The molecule has 0 aliphatic heterocycles. The van der Waals surface area contributed by atoms with Crippen molar-refractivity contribution < 1.29 is 27.4 Å². The Morgan fingerprint density at radius 2 is 1.68 bits per heavy atom. The van der Waals surface area contributed by atoms with Crippen LogP contribution in [0.1, 0.15) is 17.2 Å². The van der Waals surface area contributed by atoms with Gasteiger partial charge >= 0.3 is 6.36 Å². The highest BCUT2D eigenvalue weighted by Crippen LogP contribution is 2.30. The molecule has 28 heavy (non-hydrogen) atoms. The number of aliphatic hydroxyl groups is 1. The molecule has 3 aromatic rings. The fraction of sp³-hybridized carbons (Fsp3) is 0.150. The third kappa shape index (κ3) is 4.79. The van der Waals surface area contributed by atoms with E-state index in [1.807, 2.05) is 0 Å². The van der Waals surface area contributed by atoms with Crippen molar-refractivity contribution in [3.63, 3.8) is 0 Å². The Bertz CT molecular complexity index is 944. The number of halogens is 5. The summed E-state index contributed by atoms with van der Waals surface area (Å²) >= 11 is 5.76. The van der Waals surface area contributed by atoms with Crippen LogP contribution in [0.15, 0.2) is 60.8 Å². The molecule has 1 heterocycles. The van der Waals surface area contributed by atoms with Crippen LogP contribution >= 0.6 is 11.6 Å². The number of aromatic nitrogens is 1. The lowest BCUT2D eigenvalue weighted by atomic mass is 9.95. The number of hydrogen-bond acceptors (Lipinski definition) is 3. The predicted molar refractivity (Wildman–Crippen MR) is 96.7 cm³/mol. The number of pyridine rings is 1. The van der Waals surface area contributed by atoms with Crippen LogP contribution in [-0.2, 0) is 0 Å². The number of alkyl halides is 3. The Morgan fingerprint density at radius 3 is 2.21 bits per heavy atom. The monoisotopic (exact) mass is 411 g/mol. The quantitative estimate of drug-likeness (QED) is 0.558. The van der Waals surface area contributed by atoms with Crippen molar-refractivity contribution in [2.24, 2.45) is 0 Å². The number of rotatable bonds is 5. The van der Waals surface area contributed by atoms with E-state index in [1.165, 1.54) is 48.7 Å². The first kappa shape index (κ1) is 20.1. The van der Waals surface area contributed by atoms with E-state index in [1.54, 1.807) is 12.1 Å². The zero-order chi connectivity index (χ0) is 20.3.